The largest absolute Gasteiger partial charge is 0.490 e. The van der Waals surface area contributed by atoms with Gasteiger partial charge < -0.3 is 14.5 Å². The number of aromatic nitrogens is 1. The van der Waals surface area contributed by atoms with Crippen LogP contribution in [-0.2, 0) is 12.8 Å². The van der Waals surface area contributed by atoms with Crippen LogP contribution in [-0.4, -0.2) is 30.3 Å². The molecule has 1 aromatic heterocycles. The second-order valence-electron chi connectivity index (χ2n) is 7.32. The number of aryl methyl sites for hydroxylation is 2. The second kappa shape index (κ2) is 9.03. The molecule has 30 heavy (non-hydrogen) atoms. The third-order valence-electron chi connectivity index (χ3n) is 5.31. The van der Waals surface area contributed by atoms with Gasteiger partial charge in [0, 0.05) is 22.2 Å². The lowest BCUT2D eigenvalue weighted by atomic mass is 9.95. The number of hydrogen-bond donors (Lipinski definition) is 2. The van der Waals surface area contributed by atoms with E-state index in [0.717, 1.165) is 29.3 Å². The quantitative estimate of drug-likeness (QED) is 0.445. The van der Waals surface area contributed by atoms with Crippen LogP contribution < -0.4 is 14.9 Å². The van der Waals surface area contributed by atoms with Crippen molar-refractivity contribution < 1.29 is 14.3 Å². The monoisotopic (exact) mass is 405 g/mol. The van der Waals surface area contributed by atoms with Gasteiger partial charge in [-0.05, 0) is 87.1 Å². The van der Waals surface area contributed by atoms with Crippen molar-refractivity contribution >= 4 is 23.0 Å². The van der Waals surface area contributed by atoms with Gasteiger partial charge in [0.2, 0.25) is 0 Å². The molecule has 0 aliphatic heterocycles. The zero-order chi connectivity index (χ0) is 20.9. The molecular formula is C24H27N3O3. The Bertz CT molecular complexity index is 1080. The number of benzene rings is 2. The molecule has 2 N–H and O–H groups in total. The molecule has 1 amide bonds. The van der Waals surface area contributed by atoms with Gasteiger partial charge >= 0.3 is 0 Å². The van der Waals surface area contributed by atoms with Crippen LogP contribution in [0.1, 0.15) is 53.9 Å². The lowest BCUT2D eigenvalue weighted by Crippen LogP contribution is -2.17. The van der Waals surface area contributed by atoms with Crippen LogP contribution in [0.15, 0.2) is 41.5 Å². The Kier molecular flexibility index (Phi) is 6.02. The van der Waals surface area contributed by atoms with Crippen molar-refractivity contribution in [3.63, 3.8) is 0 Å². The average molecular weight is 405 g/mol. The predicted octanol–water partition coefficient (Wildman–Crippen LogP) is 4.61. The summed E-state index contributed by atoms with van der Waals surface area (Å²) in [5, 5.41) is 5.27. The number of hydrazone groups is 1. The molecule has 0 bridgehead atoms. The minimum atomic E-state index is -0.227. The lowest BCUT2D eigenvalue weighted by Gasteiger charge is -2.11. The van der Waals surface area contributed by atoms with Crippen LogP contribution >= 0.6 is 0 Å². The average Bonchev–Trinajstić information content (AvgIpc) is 3.13. The maximum atomic E-state index is 12.6. The van der Waals surface area contributed by atoms with E-state index in [9.17, 15) is 4.79 Å². The van der Waals surface area contributed by atoms with E-state index in [4.69, 9.17) is 9.47 Å². The van der Waals surface area contributed by atoms with E-state index in [1.165, 1.54) is 24.1 Å². The lowest BCUT2D eigenvalue weighted by molar-refractivity contribution is 0.0955. The molecule has 6 nitrogen and oxygen atoms in total. The van der Waals surface area contributed by atoms with Gasteiger partial charge in [0.1, 0.15) is 0 Å². The van der Waals surface area contributed by atoms with Crippen molar-refractivity contribution in [3.8, 4) is 11.5 Å². The van der Waals surface area contributed by atoms with Crippen LogP contribution in [0, 0.1) is 0 Å². The van der Waals surface area contributed by atoms with Crippen LogP contribution in [0.4, 0.5) is 0 Å². The molecule has 3 aromatic rings. The van der Waals surface area contributed by atoms with Gasteiger partial charge in [-0.3, -0.25) is 4.79 Å². The van der Waals surface area contributed by atoms with Gasteiger partial charge in [0.05, 0.1) is 19.4 Å². The first-order valence-electron chi connectivity index (χ1n) is 10.6. The zero-order valence-corrected chi connectivity index (χ0v) is 17.5. The number of carbonyl (C=O) groups excluding carboxylic acids is 1. The van der Waals surface area contributed by atoms with E-state index >= 15 is 0 Å². The highest BCUT2D eigenvalue weighted by Gasteiger charge is 2.16. The van der Waals surface area contributed by atoms with E-state index in [2.05, 4.69) is 15.5 Å². The number of ether oxygens (including phenoxy) is 2. The Morgan fingerprint density at radius 3 is 2.70 bits per heavy atom. The highest BCUT2D eigenvalue weighted by molar-refractivity contribution is 5.99. The van der Waals surface area contributed by atoms with Gasteiger partial charge in [-0.15, -0.1) is 0 Å². The Morgan fingerprint density at radius 1 is 1.07 bits per heavy atom. The summed E-state index contributed by atoms with van der Waals surface area (Å²) < 4.78 is 11.2. The molecule has 6 heteroatoms. The zero-order valence-electron chi connectivity index (χ0n) is 17.5. The Hall–Kier alpha value is -3.28. The molecule has 1 aliphatic rings. The topological polar surface area (TPSA) is 75.7 Å². The minimum Gasteiger partial charge on any atom is -0.490 e. The number of hydrogen-bond acceptors (Lipinski definition) is 4. The van der Waals surface area contributed by atoms with E-state index in [-0.39, 0.29) is 5.91 Å². The number of aromatic amines is 1. The smallest absolute Gasteiger partial charge is 0.271 e. The molecule has 0 radical (unpaired) electrons. The van der Waals surface area contributed by atoms with Crippen molar-refractivity contribution in [1.29, 1.82) is 0 Å². The van der Waals surface area contributed by atoms with Crippen molar-refractivity contribution in [2.24, 2.45) is 5.10 Å². The van der Waals surface area contributed by atoms with Crippen LogP contribution in [0.5, 0.6) is 11.5 Å². The molecule has 156 valence electrons. The highest BCUT2D eigenvalue weighted by atomic mass is 16.5. The first-order valence-corrected chi connectivity index (χ1v) is 10.6. The van der Waals surface area contributed by atoms with Crippen molar-refractivity contribution in [2.75, 3.05) is 13.2 Å². The molecule has 0 fully saturated rings. The maximum absolute atomic E-state index is 12.6. The molecule has 1 heterocycles. The van der Waals surface area contributed by atoms with Gasteiger partial charge in [-0.1, -0.05) is 0 Å². The molecular weight excluding hydrogens is 378 g/mol. The van der Waals surface area contributed by atoms with E-state index < -0.39 is 0 Å². The fourth-order valence-corrected chi connectivity index (χ4v) is 3.93. The number of nitrogens with zero attached hydrogens (tertiary/aromatic N) is 1. The fraction of sp³-hybridized carbons (Fsp3) is 0.333. The number of fused-ring (bicyclic) bond motifs is 3. The van der Waals surface area contributed by atoms with Gasteiger partial charge in [0.25, 0.3) is 5.91 Å². The summed E-state index contributed by atoms with van der Waals surface area (Å²) in [4.78, 5) is 16.1. The summed E-state index contributed by atoms with van der Waals surface area (Å²) >= 11 is 0. The number of amides is 1. The molecule has 0 saturated heterocycles. The summed E-state index contributed by atoms with van der Waals surface area (Å²) in [6.45, 7) is 4.97. The Balaban J connectivity index is 1.48. The summed E-state index contributed by atoms with van der Waals surface area (Å²) in [6.07, 6.45) is 6.18. The molecule has 0 unspecified atom stereocenters. The van der Waals surface area contributed by atoms with Crippen molar-refractivity contribution in [1.82, 2.24) is 10.4 Å². The summed E-state index contributed by atoms with van der Waals surface area (Å²) in [5.41, 5.74) is 7.81. The first-order chi connectivity index (χ1) is 14.7. The van der Waals surface area contributed by atoms with E-state index in [1.54, 1.807) is 6.21 Å². The molecule has 0 atom stereocenters. The highest BCUT2D eigenvalue weighted by Crippen LogP contribution is 2.30. The standard InChI is InChI=1S/C24H27N3O3/c1-3-29-22-12-9-16(13-23(22)30-4-2)15-25-27-24(28)17-10-11-21-19(14-17)18-7-5-6-8-20(18)26-21/h9-15,26H,3-8H2,1-2H3,(H,27,28)/b25-15+. The number of carbonyl (C=O) groups is 1. The molecule has 2 aromatic carbocycles. The van der Waals surface area contributed by atoms with E-state index in [1.807, 2.05) is 50.2 Å². The minimum absolute atomic E-state index is 0.227. The summed E-state index contributed by atoms with van der Waals surface area (Å²) in [6, 6.07) is 11.3. The first kappa shape index (κ1) is 20.0. The number of rotatable bonds is 7. The number of H-pyrrole nitrogens is 1. The van der Waals surface area contributed by atoms with Crippen LogP contribution in [0.25, 0.3) is 10.9 Å². The Labute approximate surface area is 176 Å². The van der Waals surface area contributed by atoms with Gasteiger partial charge in [0.15, 0.2) is 11.5 Å². The van der Waals surface area contributed by atoms with E-state index in [0.29, 0.717) is 30.3 Å². The molecule has 0 saturated carbocycles. The maximum Gasteiger partial charge on any atom is 0.271 e. The Morgan fingerprint density at radius 2 is 1.87 bits per heavy atom. The SMILES string of the molecule is CCOc1ccc(/C=N/NC(=O)c2ccc3[nH]c4c(c3c2)CCCC4)cc1OCC. The van der Waals surface area contributed by atoms with Crippen molar-refractivity contribution in [2.45, 2.75) is 39.5 Å². The summed E-state index contributed by atoms with van der Waals surface area (Å²) in [7, 11) is 0. The van der Waals surface area contributed by atoms with Crippen LogP contribution in [0.2, 0.25) is 0 Å². The number of nitrogens with one attached hydrogen (secondary N) is 2. The molecule has 4 rings (SSSR count). The molecule has 0 spiro atoms. The molecule has 1 aliphatic carbocycles. The fourth-order valence-electron chi connectivity index (χ4n) is 3.93. The third kappa shape index (κ3) is 4.17. The summed E-state index contributed by atoms with van der Waals surface area (Å²) in [5.74, 6) is 1.14. The van der Waals surface area contributed by atoms with Gasteiger partial charge in [-0.25, -0.2) is 5.43 Å². The third-order valence-corrected chi connectivity index (χ3v) is 5.31. The second-order valence-corrected chi connectivity index (χ2v) is 7.32. The van der Waals surface area contributed by atoms with Crippen molar-refractivity contribution in [3.05, 3.63) is 58.8 Å². The van der Waals surface area contributed by atoms with Crippen LogP contribution in [0.3, 0.4) is 0 Å². The normalized spacial score (nSPS) is 13.4. The predicted molar refractivity (Wildman–Crippen MR) is 119 cm³/mol. The van der Waals surface area contributed by atoms with Gasteiger partial charge in [-0.2, -0.15) is 5.10 Å².